The first-order valence-electron chi connectivity index (χ1n) is 0. The minimum Gasteiger partial charge on any atom is -1.00 e. The van der Waals surface area contributed by atoms with Crippen molar-refractivity contribution in [3.05, 3.63) is 0 Å². The molecule has 22 valence electrons. The summed E-state index contributed by atoms with van der Waals surface area (Å²) >= 11 is 0. The van der Waals surface area contributed by atoms with E-state index >= 15 is 0 Å². The Bertz CT molecular complexity index is 11.6. The molecule has 0 saturated carbocycles. The van der Waals surface area contributed by atoms with E-state index in [1.807, 2.05) is 0 Å². The second-order valence-electron chi connectivity index (χ2n) is 0. The van der Waals surface area contributed by atoms with Crippen molar-refractivity contribution in [2.24, 2.45) is 0 Å². The smallest absolute Gasteiger partial charge is 1.00 e. The zero-order valence-corrected chi connectivity index (χ0v) is 11.2. The summed E-state index contributed by atoms with van der Waals surface area (Å²) in [4.78, 5) is 0. The summed E-state index contributed by atoms with van der Waals surface area (Å²) in [5.74, 6) is 0. The van der Waals surface area contributed by atoms with Gasteiger partial charge in [0, 0.05) is 57.0 Å². The van der Waals surface area contributed by atoms with E-state index in [-0.39, 0.29) is 97.9 Å². The van der Waals surface area contributed by atoms with Crippen LogP contribution in [0.25, 0.3) is 0 Å². The maximum atomic E-state index is 0. The van der Waals surface area contributed by atoms with Gasteiger partial charge in [0.15, 0.2) is 0 Å². The molecule has 0 heterocycles. The monoisotopic (exact) mass is 346 g/mol. The van der Waals surface area contributed by atoms with Crippen molar-refractivity contribution in [3.8, 4) is 0 Å². The van der Waals surface area contributed by atoms with Crippen molar-refractivity contribution in [3.63, 3.8) is 0 Å². The molecule has 4 heteroatoms. The van der Waals surface area contributed by atoms with Gasteiger partial charge < -0.3 is 1.43 Å². The summed E-state index contributed by atoms with van der Waals surface area (Å²) < 4.78 is 0. The van der Waals surface area contributed by atoms with E-state index in [4.69, 9.17) is 0 Å². The first-order valence-corrected chi connectivity index (χ1v) is 0. The van der Waals surface area contributed by atoms with Crippen LogP contribution in [0.1, 0.15) is 1.43 Å². The van der Waals surface area contributed by atoms with Crippen LogP contribution in [0.2, 0.25) is 0 Å². The summed E-state index contributed by atoms with van der Waals surface area (Å²) in [6, 6.07) is 0. The van der Waals surface area contributed by atoms with Gasteiger partial charge in [-0.15, -0.1) is 0 Å². The van der Waals surface area contributed by atoms with Crippen molar-refractivity contribution >= 4 is 9.90 Å². The van der Waals surface area contributed by atoms with E-state index < -0.39 is 0 Å². The molecule has 1 unspecified atom stereocenters. The molecule has 0 aliphatic rings. The number of rotatable bonds is 0. The third kappa shape index (κ3) is 8.99. The summed E-state index contributed by atoms with van der Waals surface area (Å²) in [6.45, 7) is 0. The first-order chi connectivity index (χ1) is 0. The molecule has 4 heavy (non-hydrogen) atoms. The molecule has 0 nitrogen and oxygen atoms in total. The van der Waals surface area contributed by atoms with Crippen LogP contribution in [0, 0.1) is 39.9 Å². The van der Waals surface area contributed by atoms with Gasteiger partial charge in [-0.2, -0.15) is 9.90 Å². The topological polar surface area (TPSA) is 0 Å². The fourth-order valence-electron chi connectivity index (χ4n) is 0. The van der Waals surface area contributed by atoms with Crippen LogP contribution in [-0.2, 0) is 17.1 Å². The van der Waals surface area contributed by atoms with Crippen LogP contribution >= 0.6 is 9.90 Å². The Morgan fingerprint density at radius 1 is 1.25 bits per heavy atom. The molecule has 0 aromatic rings. The predicted molar refractivity (Wildman–Crippen MR) is 12.2 cm³/mol. The molecule has 0 fully saturated rings. The third-order valence-electron chi connectivity index (χ3n) is 0. The van der Waals surface area contributed by atoms with E-state index in [2.05, 4.69) is 0 Å². The summed E-state index contributed by atoms with van der Waals surface area (Å²) in [6.07, 6.45) is 0. The zero-order chi connectivity index (χ0) is 0. The van der Waals surface area contributed by atoms with Gasteiger partial charge in [-0.3, -0.25) is 0 Å². The van der Waals surface area contributed by atoms with Crippen LogP contribution in [0.5, 0.6) is 0 Å². The van der Waals surface area contributed by atoms with Crippen molar-refractivity contribution in [2.75, 3.05) is 0 Å². The molecule has 0 aromatic carbocycles. The fraction of sp³-hybridized carbons (Fsp3) is 0. The Balaban J connectivity index is 0. The molecule has 0 aliphatic heterocycles. The fourth-order valence-corrected chi connectivity index (χ4v) is 0. The number of hydrogen-bond donors (Lipinski definition) is 0. The Morgan fingerprint density at radius 3 is 1.25 bits per heavy atom. The molecular formula is H4FeNaPTh. The van der Waals surface area contributed by atoms with Crippen LogP contribution in [0.4, 0.5) is 0 Å². The van der Waals surface area contributed by atoms with Gasteiger partial charge in [-0.05, 0) is 0 Å². The maximum absolute atomic E-state index is 0. The van der Waals surface area contributed by atoms with Crippen molar-refractivity contribution in [2.45, 2.75) is 0 Å². The van der Waals surface area contributed by atoms with Gasteiger partial charge in [0.1, 0.15) is 0 Å². The van der Waals surface area contributed by atoms with Gasteiger partial charge in [0.05, 0.1) is 0 Å². The van der Waals surface area contributed by atoms with E-state index in [1.165, 1.54) is 0 Å². The van der Waals surface area contributed by atoms with Crippen molar-refractivity contribution in [1.82, 2.24) is 0 Å². The van der Waals surface area contributed by atoms with Gasteiger partial charge in [0.2, 0.25) is 0 Å². The largest absolute Gasteiger partial charge is 1.00 e. The van der Waals surface area contributed by atoms with Gasteiger partial charge in [-0.25, -0.2) is 0 Å². The number of hydrogen-bond acceptors (Lipinski definition) is 0. The zero-order valence-electron chi connectivity index (χ0n) is 3.56. The standard InChI is InChI=1S/Fe.Na.H3P.Th.H/h;;1H3;;/q;+1;;;-1. The minimum atomic E-state index is 0. The molecule has 0 aromatic heterocycles. The Labute approximate surface area is 95.8 Å². The summed E-state index contributed by atoms with van der Waals surface area (Å²) in [5.41, 5.74) is 0. The molecule has 0 spiro atoms. The molecule has 0 amide bonds. The van der Waals surface area contributed by atoms with Crippen molar-refractivity contribution in [1.29, 1.82) is 0 Å². The Kier molecular flexibility index (Phi) is 109. The SMILES string of the molecule is P.[Fe].[H-].[Na+].[Th]. The second-order valence-corrected chi connectivity index (χ2v) is 0. The molecule has 0 radical (unpaired) electrons. The van der Waals surface area contributed by atoms with Crippen LogP contribution in [0.15, 0.2) is 0 Å². The van der Waals surface area contributed by atoms with Gasteiger partial charge in [-0.1, -0.05) is 0 Å². The third-order valence-corrected chi connectivity index (χ3v) is 0. The minimum absolute atomic E-state index is 0. The normalized spacial score (nSPS) is 0. The first kappa shape index (κ1) is 26.7. The molecule has 1 atom stereocenters. The van der Waals surface area contributed by atoms with Crippen LogP contribution < -0.4 is 29.6 Å². The van der Waals surface area contributed by atoms with E-state index in [9.17, 15) is 0 Å². The molecular weight excluding hydrogens is 342 g/mol. The Hall–Kier alpha value is 3.27. The van der Waals surface area contributed by atoms with E-state index in [1.54, 1.807) is 0 Å². The Morgan fingerprint density at radius 2 is 1.25 bits per heavy atom. The van der Waals surface area contributed by atoms with Crippen LogP contribution in [0.3, 0.4) is 0 Å². The average molecular weight is 346 g/mol. The molecule has 0 N–H and O–H groups in total. The van der Waals surface area contributed by atoms with Crippen LogP contribution in [-0.4, -0.2) is 0 Å². The quantitative estimate of drug-likeness (QED) is 0.328. The molecule has 0 saturated heterocycles. The second kappa shape index (κ2) is 16.3. The van der Waals surface area contributed by atoms with Gasteiger partial charge >= 0.3 is 29.6 Å². The molecule has 0 bridgehead atoms. The average Bonchev–Trinajstić information content (AvgIpc) is 0. The molecule has 0 aliphatic carbocycles. The summed E-state index contributed by atoms with van der Waals surface area (Å²) in [5, 5.41) is 0. The summed E-state index contributed by atoms with van der Waals surface area (Å²) in [7, 11) is 0. The van der Waals surface area contributed by atoms with Crippen molar-refractivity contribution < 1.29 is 88.0 Å². The predicted octanol–water partition coefficient (Wildman–Crippen LogP) is -2.83. The molecule has 0 rings (SSSR count). The van der Waals surface area contributed by atoms with E-state index in [0.717, 1.165) is 0 Å². The maximum Gasteiger partial charge on any atom is 1.00 e. The van der Waals surface area contributed by atoms with Gasteiger partial charge in [0.25, 0.3) is 0 Å². The van der Waals surface area contributed by atoms with E-state index in [0.29, 0.717) is 0 Å².